The molecule has 28 heavy (non-hydrogen) atoms. The SMILES string of the molecule is Cc1ccc(CNC(=O)C2CCN(c3cc([C@@H]4CCOC4)ncn3)CC2)cc1. The van der Waals surface area contributed by atoms with Gasteiger partial charge in [0.25, 0.3) is 0 Å². The molecule has 2 aliphatic rings. The van der Waals surface area contributed by atoms with Gasteiger partial charge in [-0.25, -0.2) is 9.97 Å². The molecule has 1 amide bonds. The summed E-state index contributed by atoms with van der Waals surface area (Å²) >= 11 is 0. The average molecular weight is 380 g/mol. The van der Waals surface area contributed by atoms with Crippen LogP contribution in [-0.4, -0.2) is 42.2 Å². The molecule has 0 aliphatic carbocycles. The van der Waals surface area contributed by atoms with Crippen molar-refractivity contribution in [3.63, 3.8) is 0 Å². The highest BCUT2D eigenvalue weighted by Crippen LogP contribution is 2.27. The molecule has 4 rings (SSSR count). The standard InChI is InChI=1S/C22H28N4O2/c1-16-2-4-17(5-3-16)13-23-22(27)18-6-9-26(10-7-18)21-12-20(24-15-25-21)19-8-11-28-14-19/h2-5,12,15,18-19H,6-11,13-14H2,1H3,(H,23,27)/t19-/m1/s1. The number of amides is 1. The van der Waals surface area contributed by atoms with Gasteiger partial charge in [0.1, 0.15) is 12.1 Å². The van der Waals surface area contributed by atoms with Crippen molar-refractivity contribution in [2.75, 3.05) is 31.2 Å². The lowest BCUT2D eigenvalue weighted by atomic mass is 9.95. The van der Waals surface area contributed by atoms with E-state index in [9.17, 15) is 4.79 Å². The first-order chi connectivity index (χ1) is 13.7. The Labute approximate surface area is 166 Å². The molecule has 1 aromatic heterocycles. The summed E-state index contributed by atoms with van der Waals surface area (Å²) in [6.45, 7) is 5.92. The molecule has 2 fully saturated rings. The lowest BCUT2D eigenvalue weighted by Crippen LogP contribution is -2.40. The lowest BCUT2D eigenvalue weighted by Gasteiger charge is -2.32. The van der Waals surface area contributed by atoms with Crippen LogP contribution in [0.1, 0.15) is 42.0 Å². The third-order valence-corrected chi connectivity index (χ3v) is 5.80. The van der Waals surface area contributed by atoms with Crippen LogP contribution in [0.15, 0.2) is 36.7 Å². The molecular weight excluding hydrogens is 352 g/mol. The molecule has 0 unspecified atom stereocenters. The molecule has 6 nitrogen and oxygen atoms in total. The van der Waals surface area contributed by atoms with Gasteiger partial charge in [0.15, 0.2) is 0 Å². The van der Waals surface area contributed by atoms with E-state index >= 15 is 0 Å². The summed E-state index contributed by atoms with van der Waals surface area (Å²) in [7, 11) is 0. The first kappa shape index (κ1) is 18.9. The fourth-order valence-corrected chi connectivity index (χ4v) is 3.94. The van der Waals surface area contributed by atoms with Gasteiger partial charge < -0.3 is 15.0 Å². The Kier molecular flexibility index (Phi) is 5.86. The predicted molar refractivity (Wildman–Crippen MR) is 108 cm³/mol. The van der Waals surface area contributed by atoms with E-state index in [-0.39, 0.29) is 11.8 Å². The van der Waals surface area contributed by atoms with Gasteiger partial charge in [0.2, 0.25) is 5.91 Å². The molecule has 2 aromatic rings. The van der Waals surface area contributed by atoms with Crippen molar-refractivity contribution in [3.8, 4) is 0 Å². The maximum Gasteiger partial charge on any atom is 0.223 e. The van der Waals surface area contributed by atoms with E-state index in [0.29, 0.717) is 12.5 Å². The maximum atomic E-state index is 12.5. The summed E-state index contributed by atoms with van der Waals surface area (Å²) in [6, 6.07) is 10.4. The number of aryl methyl sites for hydroxylation is 1. The highest BCUT2D eigenvalue weighted by molar-refractivity contribution is 5.79. The maximum absolute atomic E-state index is 12.5. The van der Waals surface area contributed by atoms with Crippen molar-refractivity contribution in [1.29, 1.82) is 0 Å². The number of anilines is 1. The summed E-state index contributed by atoms with van der Waals surface area (Å²) in [5, 5.41) is 3.09. The van der Waals surface area contributed by atoms with Crippen LogP contribution in [0, 0.1) is 12.8 Å². The fourth-order valence-electron chi connectivity index (χ4n) is 3.94. The van der Waals surface area contributed by atoms with Crippen molar-refractivity contribution in [1.82, 2.24) is 15.3 Å². The van der Waals surface area contributed by atoms with Crippen molar-refractivity contribution >= 4 is 11.7 Å². The van der Waals surface area contributed by atoms with Crippen LogP contribution in [0.2, 0.25) is 0 Å². The van der Waals surface area contributed by atoms with Gasteiger partial charge in [-0.05, 0) is 31.7 Å². The first-order valence-corrected chi connectivity index (χ1v) is 10.2. The zero-order valence-corrected chi connectivity index (χ0v) is 16.4. The summed E-state index contributed by atoms with van der Waals surface area (Å²) < 4.78 is 5.48. The monoisotopic (exact) mass is 380 g/mol. The highest BCUT2D eigenvalue weighted by atomic mass is 16.5. The van der Waals surface area contributed by atoms with Crippen LogP contribution in [0.4, 0.5) is 5.82 Å². The molecule has 0 saturated carbocycles. The minimum Gasteiger partial charge on any atom is -0.381 e. The van der Waals surface area contributed by atoms with Crippen LogP contribution >= 0.6 is 0 Å². The molecule has 1 atom stereocenters. The van der Waals surface area contributed by atoms with E-state index in [1.807, 2.05) is 0 Å². The molecule has 6 heteroatoms. The minimum absolute atomic E-state index is 0.0752. The number of hydrogen-bond donors (Lipinski definition) is 1. The van der Waals surface area contributed by atoms with Crippen LogP contribution in [0.3, 0.4) is 0 Å². The molecule has 1 N–H and O–H groups in total. The Bertz CT molecular complexity index is 794. The van der Waals surface area contributed by atoms with E-state index in [0.717, 1.165) is 62.6 Å². The average Bonchev–Trinajstić information content (AvgIpc) is 3.28. The number of nitrogens with zero attached hydrogens (tertiary/aromatic N) is 3. The zero-order valence-electron chi connectivity index (χ0n) is 16.4. The number of piperidine rings is 1. The number of aromatic nitrogens is 2. The third kappa shape index (κ3) is 4.50. The molecular formula is C22H28N4O2. The summed E-state index contributed by atoms with van der Waals surface area (Å²) in [6.07, 6.45) is 4.39. The Morgan fingerprint density at radius 3 is 2.68 bits per heavy atom. The molecule has 3 heterocycles. The molecule has 2 saturated heterocycles. The van der Waals surface area contributed by atoms with E-state index < -0.39 is 0 Å². The number of carbonyl (C=O) groups excluding carboxylic acids is 1. The van der Waals surface area contributed by atoms with E-state index in [2.05, 4.69) is 57.4 Å². The van der Waals surface area contributed by atoms with E-state index in [1.165, 1.54) is 5.56 Å². The molecule has 0 radical (unpaired) electrons. The van der Waals surface area contributed by atoms with Gasteiger partial charge in [0.05, 0.1) is 12.3 Å². The second-order valence-electron chi connectivity index (χ2n) is 7.83. The Hall–Kier alpha value is -2.47. The zero-order chi connectivity index (χ0) is 19.3. The van der Waals surface area contributed by atoms with Gasteiger partial charge >= 0.3 is 0 Å². The predicted octanol–water partition coefficient (Wildman–Crippen LogP) is 2.82. The Morgan fingerprint density at radius 2 is 1.96 bits per heavy atom. The van der Waals surface area contributed by atoms with Crippen molar-refractivity contribution in [2.24, 2.45) is 5.92 Å². The van der Waals surface area contributed by atoms with E-state index in [4.69, 9.17) is 4.74 Å². The Morgan fingerprint density at radius 1 is 1.18 bits per heavy atom. The Balaban J connectivity index is 1.28. The number of benzene rings is 1. The van der Waals surface area contributed by atoms with Crippen LogP contribution in [0.25, 0.3) is 0 Å². The van der Waals surface area contributed by atoms with Gasteiger partial charge in [-0.1, -0.05) is 29.8 Å². The van der Waals surface area contributed by atoms with Gasteiger partial charge in [0, 0.05) is 44.1 Å². The number of nitrogens with one attached hydrogen (secondary N) is 1. The summed E-state index contributed by atoms with van der Waals surface area (Å²) in [5.74, 6) is 1.58. The van der Waals surface area contributed by atoms with Gasteiger partial charge in [-0.2, -0.15) is 0 Å². The molecule has 148 valence electrons. The van der Waals surface area contributed by atoms with E-state index in [1.54, 1.807) is 6.33 Å². The number of hydrogen-bond acceptors (Lipinski definition) is 5. The topological polar surface area (TPSA) is 67.4 Å². The van der Waals surface area contributed by atoms with Crippen molar-refractivity contribution in [3.05, 3.63) is 53.5 Å². The van der Waals surface area contributed by atoms with Crippen molar-refractivity contribution in [2.45, 2.75) is 38.6 Å². The summed E-state index contributed by atoms with van der Waals surface area (Å²) in [5.41, 5.74) is 3.44. The number of rotatable bonds is 5. The third-order valence-electron chi connectivity index (χ3n) is 5.80. The highest BCUT2D eigenvalue weighted by Gasteiger charge is 2.26. The number of ether oxygens (including phenoxy) is 1. The molecule has 1 aromatic carbocycles. The number of carbonyl (C=O) groups is 1. The van der Waals surface area contributed by atoms with Crippen LogP contribution in [0.5, 0.6) is 0 Å². The normalized spacial score (nSPS) is 20.3. The molecule has 0 bridgehead atoms. The summed E-state index contributed by atoms with van der Waals surface area (Å²) in [4.78, 5) is 23.7. The minimum atomic E-state index is 0.0752. The molecule has 2 aliphatic heterocycles. The fraction of sp³-hybridized carbons (Fsp3) is 0.500. The van der Waals surface area contributed by atoms with Gasteiger partial charge in [-0.15, -0.1) is 0 Å². The van der Waals surface area contributed by atoms with Crippen molar-refractivity contribution < 1.29 is 9.53 Å². The second-order valence-corrected chi connectivity index (χ2v) is 7.83. The first-order valence-electron chi connectivity index (χ1n) is 10.2. The quantitative estimate of drug-likeness (QED) is 0.864. The molecule has 0 spiro atoms. The van der Waals surface area contributed by atoms with Gasteiger partial charge in [-0.3, -0.25) is 4.79 Å². The van der Waals surface area contributed by atoms with Crippen LogP contribution in [-0.2, 0) is 16.1 Å². The smallest absolute Gasteiger partial charge is 0.223 e. The van der Waals surface area contributed by atoms with Crippen LogP contribution < -0.4 is 10.2 Å². The second kappa shape index (κ2) is 8.69. The largest absolute Gasteiger partial charge is 0.381 e. The lowest BCUT2D eigenvalue weighted by molar-refractivity contribution is -0.125.